The number of carbonyl (C=O) groups is 1. The van der Waals surface area contributed by atoms with Gasteiger partial charge in [0, 0.05) is 10.4 Å². The third-order valence-electron chi connectivity index (χ3n) is 2.15. The smallest absolute Gasteiger partial charge is 0.275 e. The zero-order chi connectivity index (χ0) is 13.0. The van der Waals surface area contributed by atoms with Crippen molar-refractivity contribution in [3.05, 3.63) is 39.8 Å². The molecule has 1 amide bonds. The van der Waals surface area contributed by atoms with Crippen LogP contribution in [0.5, 0.6) is 5.75 Å². The first-order chi connectivity index (χ1) is 8.70. The van der Waals surface area contributed by atoms with E-state index in [9.17, 15) is 4.79 Å². The van der Waals surface area contributed by atoms with Crippen LogP contribution in [0.3, 0.4) is 0 Å². The summed E-state index contributed by atoms with van der Waals surface area (Å²) < 4.78 is 5.42. The van der Waals surface area contributed by atoms with E-state index >= 15 is 0 Å². The molecule has 2 aromatic rings. The molecule has 0 saturated carbocycles. The van der Waals surface area contributed by atoms with E-state index in [0.717, 1.165) is 0 Å². The van der Waals surface area contributed by atoms with Gasteiger partial charge in [0.1, 0.15) is 11.4 Å². The predicted octanol–water partition coefficient (Wildman–Crippen LogP) is 3.45. The molecule has 0 fully saturated rings. The molecule has 0 aliphatic carbocycles. The van der Waals surface area contributed by atoms with Crippen LogP contribution in [0.25, 0.3) is 0 Å². The normalized spacial score (nSPS) is 10.1. The van der Waals surface area contributed by atoms with Gasteiger partial charge in [-0.15, -0.1) is 11.3 Å². The van der Waals surface area contributed by atoms with Crippen molar-refractivity contribution in [2.75, 3.05) is 11.9 Å². The summed E-state index contributed by atoms with van der Waals surface area (Å²) in [4.78, 5) is 15.8. The van der Waals surface area contributed by atoms with Gasteiger partial charge in [0.25, 0.3) is 5.91 Å². The van der Waals surface area contributed by atoms with Crippen LogP contribution in [0.15, 0.2) is 29.1 Å². The second-order valence-corrected chi connectivity index (χ2v) is 4.56. The fourth-order valence-corrected chi connectivity index (χ4v) is 2.10. The van der Waals surface area contributed by atoms with Crippen LogP contribution in [0, 0.1) is 0 Å². The average Bonchev–Trinajstić information content (AvgIpc) is 2.86. The number of ether oxygens (including phenoxy) is 1. The third kappa shape index (κ3) is 3.00. The first-order valence-electron chi connectivity index (χ1n) is 5.32. The van der Waals surface area contributed by atoms with E-state index in [0.29, 0.717) is 28.8 Å². The van der Waals surface area contributed by atoms with Crippen molar-refractivity contribution < 1.29 is 9.53 Å². The Bertz CT molecular complexity index is 543. The summed E-state index contributed by atoms with van der Waals surface area (Å²) in [7, 11) is 0. The van der Waals surface area contributed by atoms with E-state index in [-0.39, 0.29) is 5.91 Å². The summed E-state index contributed by atoms with van der Waals surface area (Å²) >= 11 is 7.27. The van der Waals surface area contributed by atoms with Gasteiger partial charge in [-0.05, 0) is 25.1 Å². The second kappa shape index (κ2) is 5.84. The second-order valence-electron chi connectivity index (χ2n) is 3.40. The van der Waals surface area contributed by atoms with Crippen LogP contribution < -0.4 is 10.1 Å². The van der Waals surface area contributed by atoms with Gasteiger partial charge in [0.2, 0.25) is 0 Å². The van der Waals surface area contributed by atoms with Crippen molar-refractivity contribution in [2.24, 2.45) is 0 Å². The third-order valence-corrected chi connectivity index (χ3v) is 2.98. The van der Waals surface area contributed by atoms with Crippen molar-refractivity contribution in [1.29, 1.82) is 0 Å². The largest absolute Gasteiger partial charge is 0.492 e. The molecule has 1 aromatic carbocycles. The number of anilines is 1. The summed E-state index contributed by atoms with van der Waals surface area (Å²) in [6.45, 7) is 2.39. The van der Waals surface area contributed by atoms with Crippen LogP contribution >= 0.6 is 22.9 Å². The Balaban J connectivity index is 2.22. The summed E-state index contributed by atoms with van der Waals surface area (Å²) in [5.74, 6) is 0.310. The first kappa shape index (κ1) is 12.9. The lowest BCUT2D eigenvalue weighted by molar-refractivity contribution is 0.102. The number of hydrogen-bond acceptors (Lipinski definition) is 4. The van der Waals surface area contributed by atoms with Crippen molar-refractivity contribution in [2.45, 2.75) is 6.92 Å². The molecule has 0 aliphatic heterocycles. The highest BCUT2D eigenvalue weighted by Crippen LogP contribution is 2.28. The Labute approximate surface area is 114 Å². The number of hydrogen-bond donors (Lipinski definition) is 1. The van der Waals surface area contributed by atoms with Gasteiger partial charge in [-0.2, -0.15) is 0 Å². The summed E-state index contributed by atoms with van der Waals surface area (Å²) in [5, 5.41) is 4.95. The van der Waals surface area contributed by atoms with Gasteiger partial charge in [0.05, 0.1) is 17.8 Å². The predicted molar refractivity (Wildman–Crippen MR) is 72.7 cm³/mol. The molecular formula is C12H11ClN2O2S. The number of halogens is 1. The van der Waals surface area contributed by atoms with Crippen molar-refractivity contribution in [3.63, 3.8) is 0 Å². The van der Waals surface area contributed by atoms with Crippen molar-refractivity contribution in [1.82, 2.24) is 4.98 Å². The molecule has 0 bridgehead atoms. The topological polar surface area (TPSA) is 51.2 Å². The Morgan fingerprint density at radius 2 is 2.39 bits per heavy atom. The lowest BCUT2D eigenvalue weighted by Gasteiger charge is -2.11. The quantitative estimate of drug-likeness (QED) is 0.934. The highest BCUT2D eigenvalue weighted by molar-refractivity contribution is 7.07. The lowest BCUT2D eigenvalue weighted by atomic mass is 10.3. The molecule has 0 saturated heterocycles. The lowest BCUT2D eigenvalue weighted by Crippen LogP contribution is -2.13. The van der Waals surface area contributed by atoms with Gasteiger partial charge in [-0.25, -0.2) is 4.98 Å². The fraction of sp³-hybridized carbons (Fsp3) is 0.167. The molecular weight excluding hydrogens is 272 g/mol. The monoisotopic (exact) mass is 282 g/mol. The highest BCUT2D eigenvalue weighted by Gasteiger charge is 2.11. The molecule has 1 heterocycles. The number of nitrogens with one attached hydrogen (secondary N) is 1. The zero-order valence-electron chi connectivity index (χ0n) is 9.64. The summed E-state index contributed by atoms with van der Waals surface area (Å²) in [6, 6.07) is 5.09. The first-order valence-corrected chi connectivity index (χ1v) is 6.64. The Kier molecular flexibility index (Phi) is 4.17. The van der Waals surface area contributed by atoms with E-state index in [1.807, 2.05) is 6.92 Å². The van der Waals surface area contributed by atoms with Gasteiger partial charge in [0.15, 0.2) is 0 Å². The SMILES string of the molecule is CCOc1ccc(Cl)cc1NC(=O)c1cscn1. The average molecular weight is 283 g/mol. The minimum absolute atomic E-state index is 0.278. The maximum atomic E-state index is 11.9. The van der Waals surface area contributed by atoms with Crippen molar-refractivity contribution >= 4 is 34.5 Å². The van der Waals surface area contributed by atoms with Crippen LogP contribution in [-0.2, 0) is 0 Å². The number of carbonyl (C=O) groups excluding carboxylic acids is 1. The molecule has 1 aromatic heterocycles. The summed E-state index contributed by atoms with van der Waals surface area (Å²) in [5.41, 5.74) is 2.53. The van der Waals surface area contributed by atoms with E-state index in [1.165, 1.54) is 11.3 Å². The minimum atomic E-state index is -0.278. The molecule has 2 rings (SSSR count). The molecule has 0 atom stereocenters. The van der Waals surface area contributed by atoms with Gasteiger partial charge >= 0.3 is 0 Å². The number of thiazole rings is 1. The number of amides is 1. The number of rotatable bonds is 4. The van der Waals surface area contributed by atoms with Crippen LogP contribution in [0.2, 0.25) is 5.02 Å². The van der Waals surface area contributed by atoms with Crippen LogP contribution in [-0.4, -0.2) is 17.5 Å². The molecule has 6 heteroatoms. The summed E-state index contributed by atoms with van der Waals surface area (Å²) in [6.07, 6.45) is 0. The molecule has 4 nitrogen and oxygen atoms in total. The molecule has 94 valence electrons. The van der Waals surface area contributed by atoms with Crippen LogP contribution in [0.1, 0.15) is 17.4 Å². The van der Waals surface area contributed by atoms with Gasteiger partial charge in [-0.1, -0.05) is 11.6 Å². The number of benzene rings is 1. The van der Waals surface area contributed by atoms with E-state index in [2.05, 4.69) is 10.3 Å². The van der Waals surface area contributed by atoms with E-state index in [4.69, 9.17) is 16.3 Å². The molecule has 0 spiro atoms. The number of aromatic nitrogens is 1. The molecule has 1 N–H and O–H groups in total. The van der Waals surface area contributed by atoms with Crippen molar-refractivity contribution in [3.8, 4) is 5.75 Å². The van der Waals surface area contributed by atoms with Gasteiger partial charge < -0.3 is 10.1 Å². The Morgan fingerprint density at radius 3 is 3.06 bits per heavy atom. The maximum Gasteiger partial charge on any atom is 0.275 e. The standard InChI is InChI=1S/C12H11ClN2O2S/c1-2-17-11-4-3-8(13)5-9(11)15-12(16)10-6-18-7-14-10/h3-7H,2H2,1H3,(H,15,16). The molecule has 0 radical (unpaired) electrons. The molecule has 0 unspecified atom stereocenters. The Hall–Kier alpha value is -1.59. The maximum absolute atomic E-state index is 11.9. The van der Waals surface area contributed by atoms with Crippen LogP contribution in [0.4, 0.5) is 5.69 Å². The molecule has 18 heavy (non-hydrogen) atoms. The minimum Gasteiger partial charge on any atom is -0.492 e. The Morgan fingerprint density at radius 1 is 1.56 bits per heavy atom. The van der Waals surface area contributed by atoms with Gasteiger partial charge in [-0.3, -0.25) is 4.79 Å². The van der Waals surface area contributed by atoms with E-state index in [1.54, 1.807) is 29.1 Å². The highest BCUT2D eigenvalue weighted by atomic mass is 35.5. The van der Waals surface area contributed by atoms with E-state index < -0.39 is 0 Å². The molecule has 0 aliphatic rings. The fourth-order valence-electron chi connectivity index (χ4n) is 1.39. The zero-order valence-corrected chi connectivity index (χ0v) is 11.2. The number of nitrogens with zero attached hydrogens (tertiary/aromatic N) is 1.